The van der Waals surface area contributed by atoms with Crippen molar-refractivity contribution in [3.63, 3.8) is 0 Å². The number of aryl methyl sites for hydroxylation is 1. The van der Waals surface area contributed by atoms with Crippen LogP contribution in [0.15, 0.2) is 22.9 Å². The molecule has 0 aromatic carbocycles. The van der Waals surface area contributed by atoms with Crippen LogP contribution in [0.3, 0.4) is 0 Å². The number of hydrogen-bond acceptors (Lipinski definition) is 4. The van der Waals surface area contributed by atoms with Crippen LogP contribution in [0.25, 0.3) is 0 Å². The van der Waals surface area contributed by atoms with Gasteiger partial charge in [0.1, 0.15) is 11.5 Å². The quantitative estimate of drug-likeness (QED) is 0.850. The predicted molar refractivity (Wildman–Crippen MR) is 82.8 cm³/mol. The maximum absolute atomic E-state index is 5.60. The van der Waals surface area contributed by atoms with E-state index in [1.165, 1.54) is 0 Å². The smallest absolute Gasteiger partial charge is 0.161 e. The summed E-state index contributed by atoms with van der Waals surface area (Å²) in [6, 6.07) is 2.31. The van der Waals surface area contributed by atoms with Gasteiger partial charge in [-0.2, -0.15) is 5.10 Å². The molecule has 2 rings (SSSR count). The lowest BCUT2D eigenvalue weighted by atomic mass is 10.0. The summed E-state index contributed by atoms with van der Waals surface area (Å²) in [7, 11) is 1.68. The first-order valence-electron chi connectivity index (χ1n) is 7.54. The van der Waals surface area contributed by atoms with Crippen LogP contribution in [-0.2, 0) is 6.42 Å². The lowest BCUT2D eigenvalue weighted by molar-refractivity contribution is 0.393. The molecule has 116 valence electrons. The van der Waals surface area contributed by atoms with Crippen molar-refractivity contribution in [1.82, 2.24) is 15.1 Å². The molecular formula is C16H25N3O2. The van der Waals surface area contributed by atoms with Crippen molar-refractivity contribution in [2.45, 2.75) is 46.2 Å². The minimum Gasteiger partial charge on any atom is -0.493 e. The van der Waals surface area contributed by atoms with Crippen LogP contribution in [-0.4, -0.2) is 23.4 Å². The average molecular weight is 291 g/mol. The summed E-state index contributed by atoms with van der Waals surface area (Å²) in [5, 5.41) is 8.01. The molecule has 1 atom stereocenters. The molecule has 2 heterocycles. The number of furan rings is 1. The van der Waals surface area contributed by atoms with E-state index in [0.717, 1.165) is 35.7 Å². The Morgan fingerprint density at radius 1 is 1.38 bits per heavy atom. The minimum atomic E-state index is 0.0172. The first-order valence-corrected chi connectivity index (χ1v) is 7.54. The van der Waals surface area contributed by atoms with Crippen LogP contribution >= 0.6 is 0 Å². The maximum atomic E-state index is 5.60. The Hall–Kier alpha value is -1.75. The van der Waals surface area contributed by atoms with Gasteiger partial charge in [-0.1, -0.05) is 13.8 Å². The minimum absolute atomic E-state index is 0.0172. The van der Waals surface area contributed by atoms with Crippen molar-refractivity contribution < 1.29 is 9.15 Å². The summed E-state index contributed by atoms with van der Waals surface area (Å²) >= 11 is 0. The number of rotatable bonds is 7. The van der Waals surface area contributed by atoms with Crippen LogP contribution in [0, 0.1) is 0 Å². The second-order valence-corrected chi connectivity index (χ2v) is 5.28. The molecule has 5 heteroatoms. The second kappa shape index (κ2) is 6.80. The van der Waals surface area contributed by atoms with Gasteiger partial charge in [0.2, 0.25) is 0 Å². The Morgan fingerprint density at radius 2 is 2.14 bits per heavy atom. The molecule has 0 aliphatic rings. The number of nitrogens with one attached hydrogen (secondary N) is 1. The van der Waals surface area contributed by atoms with Gasteiger partial charge in [-0.05, 0) is 26.5 Å². The van der Waals surface area contributed by atoms with E-state index in [2.05, 4.69) is 38.1 Å². The molecule has 0 saturated carbocycles. The van der Waals surface area contributed by atoms with Gasteiger partial charge in [0.05, 0.1) is 25.6 Å². The Kier molecular flexibility index (Phi) is 5.07. The Morgan fingerprint density at radius 3 is 2.71 bits per heavy atom. The van der Waals surface area contributed by atoms with E-state index in [0.29, 0.717) is 0 Å². The van der Waals surface area contributed by atoms with E-state index in [9.17, 15) is 0 Å². The zero-order valence-electron chi connectivity index (χ0n) is 13.5. The maximum Gasteiger partial charge on any atom is 0.161 e. The van der Waals surface area contributed by atoms with E-state index in [-0.39, 0.29) is 12.1 Å². The third kappa shape index (κ3) is 2.97. The van der Waals surface area contributed by atoms with Gasteiger partial charge >= 0.3 is 0 Å². The lowest BCUT2D eigenvalue weighted by Crippen LogP contribution is -2.26. The van der Waals surface area contributed by atoms with Crippen molar-refractivity contribution >= 4 is 0 Å². The highest BCUT2D eigenvalue weighted by molar-refractivity contribution is 5.38. The molecule has 5 nitrogen and oxygen atoms in total. The Balaban J connectivity index is 2.55. The van der Waals surface area contributed by atoms with E-state index in [1.54, 1.807) is 19.6 Å². The molecule has 0 aliphatic carbocycles. The second-order valence-electron chi connectivity index (χ2n) is 5.28. The molecule has 0 spiro atoms. The van der Waals surface area contributed by atoms with E-state index in [1.807, 2.05) is 10.7 Å². The van der Waals surface area contributed by atoms with E-state index in [4.69, 9.17) is 9.15 Å². The third-order valence-electron chi connectivity index (χ3n) is 3.60. The highest BCUT2D eigenvalue weighted by Gasteiger charge is 2.26. The third-order valence-corrected chi connectivity index (χ3v) is 3.60. The van der Waals surface area contributed by atoms with Crippen LogP contribution in [0.1, 0.15) is 56.8 Å². The van der Waals surface area contributed by atoms with Gasteiger partial charge < -0.3 is 14.5 Å². The van der Waals surface area contributed by atoms with Gasteiger partial charge in [-0.15, -0.1) is 0 Å². The fraction of sp³-hybridized carbons (Fsp3) is 0.562. The standard InChI is InChI=1S/C16H25N3O2/c1-6-13-12(8-9-21-13)15(17-7-2)16-14(20-5)10-18-19(16)11(3)4/h8-11,15,17H,6-7H2,1-5H3. The summed E-state index contributed by atoms with van der Waals surface area (Å²) in [5.74, 6) is 1.80. The predicted octanol–water partition coefficient (Wildman–Crippen LogP) is 3.33. The number of ether oxygens (including phenoxy) is 1. The number of hydrogen-bond donors (Lipinski definition) is 1. The first-order chi connectivity index (χ1) is 10.1. The summed E-state index contributed by atoms with van der Waals surface area (Å²) in [6.45, 7) is 9.29. The molecule has 0 bridgehead atoms. The largest absolute Gasteiger partial charge is 0.493 e. The van der Waals surface area contributed by atoms with Gasteiger partial charge in [-0.25, -0.2) is 0 Å². The van der Waals surface area contributed by atoms with Gasteiger partial charge in [0, 0.05) is 18.0 Å². The molecule has 2 aromatic rings. The van der Waals surface area contributed by atoms with Gasteiger partial charge in [-0.3, -0.25) is 4.68 Å². The van der Waals surface area contributed by atoms with E-state index >= 15 is 0 Å². The Labute approximate surface area is 126 Å². The monoisotopic (exact) mass is 291 g/mol. The molecule has 21 heavy (non-hydrogen) atoms. The summed E-state index contributed by atoms with van der Waals surface area (Å²) in [6.07, 6.45) is 4.40. The summed E-state index contributed by atoms with van der Waals surface area (Å²) in [4.78, 5) is 0. The van der Waals surface area contributed by atoms with Crippen molar-refractivity contribution in [2.24, 2.45) is 0 Å². The fourth-order valence-electron chi connectivity index (χ4n) is 2.65. The first kappa shape index (κ1) is 15.6. The number of aromatic nitrogens is 2. The Bertz CT molecular complexity index is 572. The molecule has 1 N–H and O–H groups in total. The van der Waals surface area contributed by atoms with Crippen LogP contribution in [0.5, 0.6) is 5.75 Å². The molecule has 2 aromatic heterocycles. The van der Waals surface area contributed by atoms with E-state index < -0.39 is 0 Å². The zero-order chi connectivity index (χ0) is 15.4. The van der Waals surface area contributed by atoms with Crippen molar-refractivity contribution in [1.29, 1.82) is 0 Å². The molecule has 1 unspecified atom stereocenters. The summed E-state index contributed by atoms with van der Waals surface area (Å²) in [5.41, 5.74) is 2.20. The molecule has 0 aliphatic heterocycles. The van der Waals surface area contributed by atoms with Crippen molar-refractivity contribution in [2.75, 3.05) is 13.7 Å². The summed E-state index contributed by atoms with van der Waals surface area (Å²) < 4.78 is 13.1. The fourth-order valence-corrected chi connectivity index (χ4v) is 2.65. The van der Waals surface area contributed by atoms with Crippen molar-refractivity contribution in [3.05, 3.63) is 35.5 Å². The molecule has 0 fully saturated rings. The average Bonchev–Trinajstić information content (AvgIpc) is 3.10. The molecule has 0 amide bonds. The molecule has 0 radical (unpaired) electrons. The van der Waals surface area contributed by atoms with Crippen LogP contribution < -0.4 is 10.1 Å². The number of nitrogens with zero attached hydrogens (tertiary/aromatic N) is 2. The van der Waals surface area contributed by atoms with Gasteiger partial charge in [0.15, 0.2) is 5.75 Å². The normalized spacial score (nSPS) is 12.9. The lowest BCUT2D eigenvalue weighted by Gasteiger charge is -2.22. The number of methoxy groups -OCH3 is 1. The molecule has 0 saturated heterocycles. The SMILES string of the molecule is CCNC(c1ccoc1CC)c1c(OC)cnn1C(C)C. The highest BCUT2D eigenvalue weighted by Crippen LogP contribution is 2.33. The van der Waals surface area contributed by atoms with Gasteiger partial charge in [0.25, 0.3) is 0 Å². The zero-order valence-corrected chi connectivity index (χ0v) is 13.5. The topological polar surface area (TPSA) is 52.2 Å². The highest BCUT2D eigenvalue weighted by atomic mass is 16.5. The van der Waals surface area contributed by atoms with Crippen LogP contribution in [0.2, 0.25) is 0 Å². The molecular weight excluding hydrogens is 266 g/mol. The van der Waals surface area contributed by atoms with Crippen molar-refractivity contribution in [3.8, 4) is 5.75 Å². The van der Waals surface area contributed by atoms with Crippen LogP contribution in [0.4, 0.5) is 0 Å².